The number of fused-ring (bicyclic) bond motifs is 1. The molecule has 0 radical (unpaired) electrons. The summed E-state index contributed by atoms with van der Waals surface area (Å²) < 4.78 is 1.73. The Bertz CT molecular complexity index is 1050. The van der Waals surface area contributed by atoms with Gasteiger partial charge in [-0.25, -0.2) is 4.68 Å². The summed E-state index contributed by atoms with van der Waals surface area (Å²) in [6, 6.07) is 5.63. The molecule has 1 aromatic carbocycles. The highest BCUT2D eigenvalue weighted by Crippen LogP contribution is 2.40. The zero-order valence-corrected chi connectivity index (χ0v) is 19.8. The van der Waals surface area contributed by atoms with Crippen LogP contribution in [0.5, 0.6) is 0 Å². The highest BCUT2D eigenvalue weighted by atomic mass is 16.2. The van der Waals surface area contributed by atoms with Crippen molar-refractivity contribution in [2.45, 2.75) is 58.5 Å². The molecular formula is C24H33N7O2. The van der Waals surface area contributed by atoms with E-state index in [9.17, 15) is 9.59 Å². The largest absolute Gasteiger partial charge is 0.350 e. The molecule has 33 heavy (non-hydrogen) atoms. The molecule has 2 N–H and O–H groups in total. The Morgan fingerprint density at radius 2 is 2.12 bits per heavy atom. The quantitative estimate of drug-likeness (QED) is 0.677. The van der Waals surface area contributed by atoms with Gasteiger partial charge in [-0.05, 0) is 72.4 Å². The third-order valence-electron chi connectivity index (χ3n) is 6.93. The first kappa shape index (κ1) is 22.9. The van der Waals surface area contributed by atoms with Crippen LogP contribution in [0.3, 0.4) is 0 Å². The number of nitrogens with one attached hydrogen (secondary N) is 2. The average Bonchev–Trinajstić information content (AvgIpc) is 3.25. The van der Waals surface area contributed by atoms with E-state index in [1.807, 2.05) is 19.1 Å². The summed E-state index contributed by atoms with van der Waals surface area (Å²) in [4.78, 5) is 27.7. The van der Waals surface area contributed by atoms with E-state index < -0.39 is 5.92 Å². The van der Waals surface area contributed by atoms with E-state index in [1.54, 1.807) is 9.58 Å². The number of aryl methyl sites for hydroxylation is 1. The maximum absolute atomic E-state index is 13.6. The van der Waals surface area contributed by atoms with Gasteiger partial charge in [0, 0.05) is 30.7 Å². The van der Waals surface area contributed by atoms with Gasteiger partial charge in [-0.1, -0.05) is 31.6 Å². The molecule has 4 rings (SSSR count). The molecule has 2 aromatic rings. The third-order valence-corrected chi connectivity index (χ3v) is 6.93. The first-order chi connectivity index (χ1) is 15.8. The minimum Gasteiger partial charge on any atom is -0.350 e. The summed E-state index contributed by atoms with van der Waals surface area (Å²) in [5.74, 6) is 0.462. The Balaban J connectivity index is 1.62. The number of hydrogen-bond donors (Lipinski definition) is 2. The molecule has 1 fully saturated rings. The van der Waals surface area contributed by atoms with E-state index in [0.29, 0.717) is 25.0 Å². The monoisotopic (exact) mass is 451 g/mol. The number of hydrogen-bond acceptors (Lipinski definition) is 6. The van der Waals surface area contributed by atoms with Crippen LogP contribution >= 0.6 is 0 Å². The fourth-order valence-corrected chi connectivity index (χ4v) is 5.35. The molecule has 2 amide bonds. The maximum Gasteiger partial charge on any atom is 0.245 e. The molecule has 0 spiro atoms. The summed E-state index contributed by atoms with van der Waals surface area (Å²) >= 11 is 0. The van der Waals surface area contributed by atoms with Crippen molar-refractivity contribution in [1.82, 2.24) is 25.1 Å². The summed E-state index contributed by atoms with van der Waals surface area (Å²) in [7, 11) is 0. The van der Waals surface area contributed by atoms with Gasteiger partial charge in [0.1, 0.15) is 0 Å². The van der Waals surface area contributed by atoms with E-state index >= 15 is 0 Å². The van der Waals surface area contributed by atoms with Crippen molar-refractivity contribution in [3.05, 3.63) is 42.0 Å². The average molecular weight is 452 g/mol. The van der Waals surface area contributed by atoms with Crippen LogP contribution in [0, 0.1) is 18.8 Å². The molecule has 1 aromatic heterocycles. The molecule has 0 aliphatic carbocycles. The van der Waals surface area contributed by atoms with Crippen molar-refractivity contribution < 1.29 is 9.59 Å². The first-order valence-electron chi connectivity index (χ1n) is 11.7. The highest BCUT2D eigenvalue weighted by molar-refractivity contribution is 5.94. The van der Waals surface area contributed by atoms with Crippen LogP contribution in [-0.2, 0) is 9.59 Å². The second kappa shape index (κ2) is 9.33. The standard InChI is InChI=1S/C24H33N7O2/c1-6-20(32)30-11-7-8-17(13-30)22-21(16(5)25-24-27-28-29-31(22)24)23(33)26-18-9-10-19(14(2)3)15(4)12-18/h6,9-10,12,14,16-17,21-22H,1,7-8,11,13H2,2-5H3,(H,26,33)(H,25,27,29). The summed E-state index contributed by atoms with van der Waals surface area (Å²) in [6.07, 6.45) is 3.11. The molecule has 9 heteroatoms. The molecular weight excluding hydrogens is 418 g/mol. The van der Waals surface area contributed by atoms with Crippen LogP contribution in [0.2, 0.25) is 0 Å². The Morgan fingerprint density at radius 3 is 2.82 bits per heavy atom. The smallest absolute Gasteiger partial charge is 0.245 e. The molecule has 2 aliphatic heterocycles. The lowest BCUT2D eigenvalue weighted by Gasteiger charge is -2.43. The fourth-order valence-electron chi connectivity index (χ4n) is 5.35. The number of anilines is 2. The summed E-state index contributed by atoms with van der Waals surface area (Å²) in [5, 5.41) is 18.6. The third kappa shape index (κ3) is 4.49. The van der Waals surface area contributed by atoms with Gasteiger partial charge in [0.25, 0.3) is 0 Å². The zero-order chi connectivity index (χ0) is 23.7. The van der Waals surface area contributed by atoms with Crippen molar-refractivity contribution in [2.24, 2.45) is 11.8 Å². The Morgan fingerprint density at radius 1 is 1.33 bits per heavy atom. The van der Waals surface area contributed by atoms with Gasteiger partial charge in [0.2, 0.25) is 17.8 Å². The number of aromatic nitrogens is 4. The topological polar surface area (TPSA) is 105 Å². The van der Waals surface area contributed by atoms with Crippen molar-refractivity contribution in [2.75, 3.05) is 23.7 Å². The van der Waals surface area contributed by atoms with Gasteiger partial charge in [-0.2, -0.15) is 0 Å². The molecule has 0 saturated carbocycles. The molecule has 1 saturated heterocycles. The van der Waals surface area contributed by atoms with Gasteiger partial charge in [-0.3, -0.25) is 9.59 Å². The lowest BCUT2D eigenvalue weighted by Crippen LogP contribution is -2.52. The van der Waals surface area contributed by atoms with Gasteiger partial charge < -0.3 is 15.5 Å². The van der Waals surface area contributed by atoms with Crippen molar-refractivity contribution in [3.63, 3.8) is 0 Å². The number of carbonyl (C=O) groups excluding carboxylic acids is 2. The van der Waals surface area contributed by atoms with Gasteiger partial charge in [0.15, 0.2) is 0 Å². The van der Waals surface area contributed by atoms with E-state index in [2.05, 4.69) is 59.6 Å². The summed E-state index contributed by atoms with van der Waals surface area (Å²) in [6.45, 7) is 13.2. The van der Waals surface area contributed by atoms with Crippen LogP contribution in [0.1, 0.15) is 56.7 Å². The molecule has 3 heterocycles. The van der Waals surface area contributed by atoms with Crippen LogP contribution in [0.4, 0.5) is 11.6 Å². The normalized spacial score (nSPS) is 24.7. The van der Waals surface area contributed by atoms with E-state index in [4.69, 9.17) is 0 Å². The lowest BCUT2D eigenvalue weighted by atomic mass is 9.78. The van der Waals surface area contributed by atoms with Gasteiger partial charge in [-0.15, -0.1) is 0 Å². The number of carbonyl (C=O) groups is 2. The zero-order valence-electron chi connectivity index (χ0n) is 19.8. The van der Waals surface area contributed by atoms with Gasteiger partial charge >= 0.3 is 0 Å². The summed E-state index contributed by atoms with van der Waals surface area (Å²) in [5.41, 5.74) is 3.20. The van der Waals surface area contributed by atoms with Crippen molar-refractivity contribution in [3.8, 4) is 0 Å². The molecule has 9 nitrogen and oxygen atoms in total. The number of likely N-dealkylation sites (tertiary alicyclic amines) is 1. The van der Waals surface area contributed by atoms with Crippen LogP contribution in [0.25, 0.3) is 0 Å². The minimum atomic E-state index is -0.408. The molecule has 0 bridgehead atoms. The molecule has 176 valence electrons. The Hall–Kier alpha value is -3.23. The lowest BCUT2D eigenvalue weighted by molar-refractivity contribution is -0.128. The number of tetrazole rings is 1. The maximum atomic E-state index is 13.6. The Kier molecular flexibility index (Phi) is 6.49. The second-order valence-electron chi connectivity index (χ2n) is 9.50. The van der Waals surface area contributed by atoms with Crippen molar-refractivity contribution in [1.29, 1.82) is 0 Å². The van der Waals surface area contributed by atoms with E-state index in [1.165, 1.54) is 11.6 Å². The second-order valence-corrected chi connectivity index (χ2v) is 9.50. The number of nitrogens with zero attached hydrogens (tertiary/aromatic N) is 5. The molecule has 4 atom stereocenters. The number of rotatable bonds is 5. The number of benzene rings is 1. The fraction of sp³-hybridized carbons (Fsp3) is 0.542. The first-order valence-corrected chi connectivity index (χ1v) is 11.7. The molecule has 4 unspecified atom stereocenters. The SMILES string of the molecule is C=CC(=O)N1CCCC(C2C(C(=O)Nc3ccc(C(C)C)c(C)c3)C(C)Nc3nnnn32)C1. The predicted octanol–water partition coefficient (Wildman–Crippen LogP) is 3.14. The molecule has 2 aliphatic rings. The van der Waals surface area contributed by atoms with Crippen LogP contribution in [-0.4, -0.2) is 56.1 Å². The van der Waals surface area contributed by atoms with Crippen LogP contribution in [0.15, 0.2) is 30.9 Å². The Labute approximate surface area is 194 Å². The van der Waals surface area contributed by atoms with Crippen LogP contribution < -0.4 is 10.6 Å². The van der Waals surface area contributed by atoms with E-state index in [-0.39, 0.29) is 29.8 Å². The van der Waals surface area contributed by atoms with Crippen molar-refractivity contribution >= 4 is 23.5 Å². The predicted molar refractivity (Wildman–Crippen MR) is 127 cm³/mol. The number of piperidine rings is 1. The number of amides is 2. The van der Waals surface area contributed by atoms with E-state index in [0.717, 1.165) is 24.1 Å². The minimum absolute atomic E-state index is 0.0512. The van der Waals surface area contributed by atoms with Gasteiger partial charge in [0.05, 0.1) is 12.0 Å². The highest BCUT2D eigenvalue weighted by Gasteiger charge is 2.46.